The van der Waals surface area contributed by atoms with Crippen LogP contribution in [0.4, 0.5) is 0 Å². The number of amides is 1. The molecule has 2 aromatic rings. The number of sulfonamides is 1. The molecule has 0 radical (unpaired) electrons. The summed E-state index contributed by atoms with van der Waals surface area (Å²) >= 11 is 0. The maximum atomic E-state index is 12.9. The van der Waals surface area contributed by atoms with E-state index in [0.717, 1.165) is 35.1 Å². The van der Waals surface area contributed by atoms with E-state index in [9.17, 15) is 13.2 Å². The molecule has 1 aromatic carbocycles. The summed E-state index contributed by atoms with van der Waals surface area (Å²) in [7, 11) is -3.67. The molecule has 1 aliphatic heterocycles. The second-order valence-corrected chi connectivity index (χ2v) is 9.44. The molecular weight excluding hydrogens is 390 g/mol. The van der Waals surface area contributed by atoms with Crippen LogP contribution in [-0.2, 0) is 14.8 Å². The molecule has 0 spiro atoms. The van der Waals surface area contributed by atoms with Gasteiger partial charge in [0.2, 0.25) is 15.9 Å². The summed E-state index contributed by atoms with van der Waals surface area (Å²) in [6, 6.07) is 2.26. The zero-order valence-electron chi connectivity index (χ0n) is 17.5. The minimum Gasteiger partial charge on any atom is -0.343 e. The van der Waals surface area contributed by atoms with Gasteiger partial charge in [-0.05, 0) is 62.8 Å². The lowest BCUT2D eigenvalue weighted by molar-refractivity contribution is -0.132. The molecule has 1 aromatic heterocycles. The predicted molar refractivity (Wildman–Crippen MR) is 110 cm³/mol. The second kappa shape index (κ2) is 8.62. The van der Waals surface area contributed by atoms with Crippen molar-refractivity contribution >= 4 is 15.9 Å². The van der Waals surface area contributed by atoms with Gasteiger partial charge in [0, 0.05) is 32.3 Å². The van der Waals surface area contributed by atoms with Gasteiger partial charge in [0.25, 0.3) is 0 Å². The molecule has 9 heteroatoms. The first-order chi connectivity index (χ1) is 13.7. The summed E-state index contributed by atoms with van der Waals surface area (Å²) in [5.74, 6) is -0.0291. The summed E-state index contributed by atoms with van der Waals surface area (Å²) in [6.45, 7) is 8.84. The third-order valence-electron chi connectivity index (χ3n) is 5.83. The zero-order valence-corrected chi connectivity index (χ0v) is 18.3. The SMILES string of the molecule is Cc1cc(C)c(C)c(S(=O)(=O)NCCC(=O)N2CCC(n3ccnn3)CC2)c1C. The van der Waals surface area contributed by atoms with Crippen molar-refractivity contribution in [3.63, 3.8) is 0 Å². The van der Waals surface area contributed by atoms with Crippen LogP contribution in [0.15, 0.2) is 23.4 Å². The van der Waals surface area contributed by atoms with Crippen LogP contribution in [0.5, 0.6) is 0 Å². The minimum absolute atomic E-state index is 0.0291. The van der Waals surface area contributed by atoms with Crippen molar-refractivity contribution in [3.05, 3.63) is 40.7 Å². The molecule has 1 amide bonds. The number of nitrogens with zero attached hydrogens (tertiary/aromatic N) is 4. The van der Waals surface area contributed by atoms with E-state index >= 15 is 0 Å². The molecule has 0 aliphatic carbocycles. The van der Waals surface area contributed by atoms with E-state index in [1.54, 1.807) is 11.1 Å². The van der Waals surface area contributed by atoms with Crippen molar-refractivity contribution in [2.24, 2.45) is 0 Å². The van der Waals surface area contributed by atoms with Gasteiger partial charge in [0.05, 0.1) is 17.1 Å². The van der Waals surface area contributed by atoms with Crippen LogP contribution in [0.3, 0.4) is 0 Å². The number of nitrogens with one attached hydrogen (secondary N) is 1. The first-order valence-corrected chi connectivity index (χ1v) is 11.4. The number of carbonyl (C=O) groups is 1. The average Bonchev–Trinajstić information content (AvgIpc) is 3.21. The summed E-state index contributed by atoms with van der Waals surface area (Å²) in [6.07, 6.45) is 5.29. The fraction of sp³-hybridized carbons (Fsp3) is 0.550. The van der Waals surface area contributed by atoms with Crippen molar-refractivity contribution < 1.29 is 13.2 Å². The van der Waals surface area contributed by atoms with Gasteiger partial charge in [-0.15, -0.1) is 5.10 Å². The smallest absolute Gasteiger partial charge is 0.241 e. The van der Waals surface area contributed by atoms with Gasteiger partial charge in [-0.2, -0.15) is 0 Å². The highest BCUT2D eigenvalue weighted by atomic mass is 32.2. The van der Waals surface area contributed by atoms with Gasteiger partial charge in [-0.3, -0.25) is 4.79 Å². The monoisotopic (exact) mass is 419 g/mol. The van der Waals surface area contributed by atoms with Crippen LogP contribution in [0.1, 0.15) is 47.6 Å². The number of carbonyl (C=O) groups excluding carboxylic acids is 1. The molecule has 3 rings (SSSR count). The zero-order chi connectivity index (χ0) is 21.2. The molecule has 1 fully saturated rings. The fourth-order valence-corrected chi connectivity index (χ4v) is 5.54. The van der Waals surface area contributed by atoms with Gasteiger partial charge in [-0.1, -0.05) is 11.3 Å². The van der Waals surface area contributed by atoms with Crippen LogP contribution in [0.25, 0.3) is 0 Å². The largest absolute Gasteiger partial charge is 0.343 e. The summed E-state index contributed by atoms with van der Waals surface area (Å²) in [5, 5.41) is 7.86. The van der Waals surface area contributed by atoms with Crippen LogP contribution in [-0.4, -0.2) is 53.9 Å². The Morgan fingerprint density at radius 1 is 1.14 bits per heavy atom. The number of aryl methyl sites for hydroxylation is 2. The Morgan fingerprint density at radius 2 is 1.76 bits per heavy atom. The Morgan fingerprint density at radius 3 is 2.31 bits per heavy atom. The molecule has 29 heavy (non-hydrogen) atoms. The lowest BCUT2D eigenvalue weighted by Crippen LogP contribution is -2.40. The van der Waals surface area contributed by atoms with E-state index in [2.05, 4.69) is 15.0 Å². The molecule has 2 heterocycles. The molecule has 158 valence electrons. The van der Waals surface area contributed by atoms with Gasteiger partial charge < -0.3 is 4.90 Å². The molecule has 1 aliphatic rings. The number of benzene rings is 1. The van der Waals surface area contributed by atoms with Crippen LogP contribution >= 0.6 is 0 Å². The molecule has 0 unspecified atom stereocenters. The number of hydrogen-bond donors (Lipinski definition) is 1. The van der Waals surface area contributed by atoms with Crippen LogP contribution in [0.2, 0.25) is 0 Å². The van der Waals surface area contributed by atoms with E-state index in [4.69, 9.17) is 0 Å². The van der Waals surface area contributed by atoms with Gasteiger partial charge >= 0.3 is 0 Å². The molecular formula is C20H29N5O3S. The first-order valence-electron chi connectivity index (χ1n) is 9.91. The number of aromatic nitrogens is 3. The molecule has 8 nitrogen and oxygen atoms in total. The minimum atomic E-state index is -3.67. The van der Waals surface area contributed by atoms with E-state index in [1.807, 2.05) is 44.6 Å². The van der Waals surface area contributed by atoms with Crippen molar-refractivity contribution in [2.45, 2.75) is 57.9 Å². The Bertz CT molecular complexity index is 952. The topological polar surface area (TPSA) is 97.2 Å². The number of piperidine rings is 1. The maximum Gasteiger partial charge on any atom is 0.241 e. The maximum absolute atomic E-state index is 12.9. The highest BCUT2D eigenvalue weighted by Gasteiger charge is 2.25. The Hall–Kier alpha value is -2.26. The van der Waals surface area contributed by atoms with E-state index in [0.29, 0.717) is 18.0 Å². The van der Waals surface area contributed by atoms with Crippen molar-refractivity contribution in [1.29, 1.82) is 0 Å². The molecule has 0 bridgehead atoms. The van der Waals surface area contributed by atoms with Crippen LogP contribution in [0, 0.1) is 27.7 Å². The van der Waals surface area contributed by atoms with E-state index in [1.165, 1.54) is 0 Å². The number of hydrogen-bond acceptors (Lipinski definition) is 5. The third-order valence-corrected chi connectivity index (χ3v) is 7.56. The van der Waals surface area contributed by atoms with Gasteiger partial charge in [0.1, 0.15) is 0 Å². The lowest BCUT2D eigenvalue weighted by Gasteiger charge is -2.32. The van der Waals surface area contributed by atoms with Gasteiger partial charge in [-0.25, -0.2) is 17.8 Å². The Labute approximate surface area is 172 Å². The average molecular weight is 420 g/mol. The van der Waals surface area contributed by atoms with Crippen molar-refractivity contribution in [1.82, 2.24) is 24.6 Å². The molecule has 0 saturated carbocycles. The van der Waals surface area contributed by atoms with E-state index < -0.39 is 10.0 Å². The van der Waals surface area contributed by atoms with Gasteiger partial charge in [0.15, 0.2) is 0 Å². The molecule has 1 N–H and O–H groups in total. The van der Waals surface area contributed by atoms with Crippen molar-refractivity contribution in [2.75, 3.05) is 19.6 Å². The number of likely N-dealkylation sites (tertiary alicyclic amines) is 1. The highest BCUT2D eigenvalue weighted by molar-refractivity contribution is 7.89. The third kappa shape index (κ3) is 4.67. The second-order valence-electron chi connectivity index (χ2n) is 7.73. The predicted octanol–water partition coefficient (Wildman–Crippen LogP) is 2.04. The fourth-order valence-electron chi connectivity index (χ4n) is 3.90. The molecule has 1 saturated heterocycles. The summed E-state index contributed by atoms with van der Waals surface area (Å²) < 4.78 is 30.2. The first kappa shape index (κ1) is 21.4. The summed E-state index contributed by atoms with van der Waals surface area (Å²) in [5.41, 5.74) is 3.39. The molecule has 0 atom stereocenters. The Kier molecular flexibility index (Phi) is 6.38. The highest BCUT2D eigenvalue weighted by Crippen LogP contribution is 2.26. The standard InChI is InChI=1S/C20H29N5O3S/c1-14-13-15(2)17(4)20(16(14)3)29(27,28)22-8-5-19(26)24-10-6-18(7-11-24)25-12-9-21-23-25/h9,12-13,18,22H,5-8,10-11H2,1-4H3. The van der Waals surface area contributed by atoms with E-state index in [-0.39, 0.29) is 24.9 Å². The quantitative estimate of drug-likeness (QED) is 0.773. The van der Waals surface area contributed by atoms with Crippen LogP contribution < -0.4 is 4.72 Å². The lowest BCUT2D eigenvalue weighted by atomic mass is 10.0. The normalized spacial score (nSPS) is 15.7. The number of rotatable bonds is 6. The Balaban J connectivity index is 1.55. The summed E-state index contributed by atoms with van der Waals surface area (Å²) in [4.78, 5) is 14.6. The van der Waals surface area contributed by atoms with Crippen molar-refractivity contribution in [3.8, 4) is 0 Å².